The molecule has 0 fully saturated rings. The molecule has 132 valence electrons. The Balaban J connectivity index is 1.51. The number of nitrogens with zero attached hydrogens (tertiary/aromatic N) is 1. The Bertz CT molecular complexity index is 491. The van der Waals surface area contributed by atoms with E-state index in [0.717, 1.165) is 64.4 Å². The van der Waals surface area contributed by atoms with Gasteiger partial charge in [0.1, 0.15) is 0 Å². The van der Waals surface area contributed by atoms with Crippen molar-refractivity contribution in [3.63, 3.8) is 0 Å². The monoisotopic (exact) mass is 329 g/mol. The van der Waals surface area contributed by atoms with E-state index in [1.165, 1.54) is 5.56 Å². The number of benzene rings is 1. The Morgan fingerprint density at radius 2 is 1.92 bits per heavy atom. The zero-order valence-electron chi connectivity index (χ0n) is 14.8. The van der Waals surface area contributed by atoms with Gasteiger partial charge >= 0.3 is 0 Å². The van der Waals surface area contributed by atoms with E-state index in [-0.39, 0.29) is 0 Å². The zero-order chi connectivity index (χ0) is 16.9. The molecule has 0 atom stereocenters. The van der Waals surface area contributed by atoms with E-state index in [1.54, 1.807) is 0 Å². The van der Waals surface area contributed by atoms with Gasteiger partial charge in [-0.25, -0.2) is 0 Å². The highest BCUT2D eigenvalue weighted by Crippen LogP contribution is 2.08. The maximum absolute atomic E-state index is 5.71. The smallest absolute Gasteiger partial charge is 0.191 e. The lowest BCUT2D eigenvalue weighted by atomic mass is 10.2. The molecule has 0 saturated heterocycles. The lowest BCUT2D eigenvalue weighted by Crippen LogP contribution is -2.42. The van der Waals surface area contributed by atoms with Crippen molar-refractivity contribution in [2.75, 3.05) is 26.3 Å². The van der Waals surface area contributed by atoms with Crippen molar-refractivity contribution < 1.29 is 4.74 Å². The van der Waals surface area contributed by atoms with Gasteiger partial charge in [-0.2, -0.15) is 0 Å². The summed E-state index contributed by atoms with van der Waals surface area (Å²) in [5.74, 6) is 0.941. The quantitative estimate of drug-likeness (QED) is 0.300. The molecule has 0 saturated carbocycles. The van der Waals surface area contributed by atoms with Gasteiger partial charge in [0, 0.05) is 25.7 Å². The van der Waals surface area contributed by atoms with E-state index >= 15 is 0 Å². The number of hydrogen-bond donors (Lipinski definition) is 2. The lowest BCUT2D eigenvalue weighted by molar-refractivity contribution is 0.134. The Hall–Kier alpha value is -1.81. The molecule has 24 heavy (non-hydrogen) atoms. The van der Waals surface area contributed by atoms with Crippen molar-refractivity contribution in [3.05, 3.63) is 48.0 Å². The molecule has 0 aliphatic heterocycles. The van der Waals surface area contributed by atoms with Crippen LogP contribution in [0.25, 0.3) is 0 Å². The predicted molar refractivity (Wildman–Crippen MR) is 101 cm³/mol. The van der Waals surface area contributed by atoms with Crippen LogP contribution in [0.3, 0.4) is 0 Å². The highest BCUT2D eigenvalue weighted by atomic mass is 16.5. The Morgan fingerprint density at radius 1 is 1.12 bits per heavy atom. The summed E-state index contributed by atoms with van der Waals surface area (Å²) < 4.78 is 5.71. The third-order valence-corrected chi connectivity index (χ3v) is 4.04. The molecule has 2 rings (SSSR count). The van der Waals surface area contributed by atoms with Crippen LogP contribution < -0.4 is 10.6 Å². The van der Waals surface area contributed by atoms with Gasteiger partial charge in [-0.15, -0.1) is 0 Å². The summed E-state index contributed by atoms with van der Waals surface area (Å²) in [6.45, 7) is 5.46. The minimum absolute atomic E-state index is 0.504. The molecule has 4 nitrogen and oxygen atoms in total. The first kappa shape index (κ1) is 18.5. The maximum atomic E-state index is 5.71. The van der Waals surface area contributed by atoms with Crippen LogP contribution in [0.5, 0.6) is 0 Å². The van der Waals surface area contributed by atoms with Crippen LogP contribution in [-0.4, -0.2) is 38.3 Å². The fraction of sp³-hybridized carbons (Fsp3) is 0.550. The van der Waals surface area contributed by atoms with Crippen LogP contribution in [-0.2, 0) is 11.2 Å². The topological polar surface area (TPSA) is 45.7 Å². The number of rotatable bonds is 10. The molecule has 4 heteroatoms. The number of unbranched alkanes of at least 4 members (excludes halogenated alkanes) is 1. The van der Waals surface area contributed by atoms with Crippen LogP contribution >= 0.6 is 0 Å². The first-order valence-electron chi connectivity index (χ1n) is 9.20. The van der Waals surface area contributed by atoms with E-state index in [9.17, 15) is 0 Å². The third kappa shape index (κ3) is 7.64. The zero-order valence-corrected chi connectivity index (χ0v) is 14.8. The highest BCUT2D eigenvalue weighted by molar-refractivity contribution is 5.80. The molecule has 0 spiro atoms. The number of ether oxygens (including phenoxy) is 1. The molecular formula is C20H31N3O. The summed E-state index contributed by atoms with van der Waals surface area (Å²) in [7, 11) is 0. The summed E-state index contributed by atoms with van der Waals surface area (Å²) >= 11 is 0. The lowest BCUT2D eigenvalue weighted by Gasteiger charge is -2.16. The Kier molecular flexibility index (Phi) is 9.02. The first-order valence-corrected chi connectivity index (χ1v) is 9.20. The van der Waals surface area contributed by atoms with Crippen molar-refractivity contribution in [2.24, 2.45) is 4.99 Å². The minimum atomic E-state index is 0.504. The van der Waals surface area contributed by atoms with Gasteiger partial charge in [-0.3, -0.25) is 4.99 Å². The van der Waals surface area contributed by atoms with Gasteiger partial charge in [0.25, 0.3) is 0 Å². The molecule has 0 aromatic heterocycles. The predicted octanol–water partition coefficient (Wildman–Crippen LogP) is 3.30. The van der Waals surface area contributed by atoms with Gasteiger partial charge in [-0.05, 0) is 44.6 Å². The average Bonchev–Trinajstić information content (AvgIpc) is 3.11. The largest absolute Gasteiger partial charge is 0.381 e. The molecule has 0 bridgehead atoms. The maximum Gasteiger partial charge on any atom is 0.191 e. The second-order valence-corrected chi connectivity index (χ2v) is 6.10. The van der Waals surface area contributed by atoms with Crippen LogP contribution in [0.1, 0.15) is 38.2 Å². The molecule has 0 heterocycles. The molecule has 0 radical (unpaired) electrons. The second kappa shape index (κ2) is 11.7. The molecule has 0 amide bonds. The number of nitrogens with one attached hydrogen (secondary N) is 2. The van der Waals surface area contributed by atoms with E-state index in [2.05, 4.69) is 59.0 Å². The summed E-state index contributed by atoms with van der Waals surface area (Å²) in [4.78, 5) is 4.65. The third-order valence-electron chi connectivity index (χ3n) is 4.04. The molecule has 1 aromatic rings. The van der Waals surface area contributed by atoms with Crippen molar-refractivity contribution in [3.8, 4) is 0 Å². The Labute approximate surface area is 146 Å². The summed E-state index contributed by atoms with van der Waals surface area (Å²) in [6, 6.07) is 11.0. The molecular weight excluding hydrogens is 298 g/mol. The van der Waals surface area contributed by atoms with Crippen LogP contribution in [0.2, 0.25) is 0 Å². The number of aliphatic imine (C=N–C) groups is 1. The molecule has 2 N–H and O–H groups in total. The molecule has 1 aliphatic rings. The minimum Gasteiger partial charge on any atom is -0.381 e. The number of hydrogen-bond acceptors (Lipinski definition) is 2. The van der Waals surface area contributed by atoms with Gasteiger partial charge in [0.05, 0.1) is 6.61 Å². The average molecular weight is 329 g/mol. The molecule has 1 aromatic carbocycles. The van der Waals surface area contributed by atoms with Crippen LogP contribution in [0.15, 0.2) is 47.5 Å². The van der Waals surface area contributed by atoms with Crippen molar-refractivity contribution in [1.82, 2.24) is 10.6 Å². The molecule has 0 unspecified atom stereocenters. The van der Waals surface area contributed by atoms with Gasteiger partial charge in [0.15, 0.2) is 5.96 Å². The van der Waals surface area contributed by atoms with E-state index in [0.29, 0.717) is 6.04 Å². The van der Waals surface area contributed by atoms with Crippen LogP contribution in [0, 0.1) is 0 Å². The van der Waals surface area contributed by atoms with Crippen LogP contribution in [0.4, 0.5) is 0 Å². The first-order chi connectivity index (χ1) is 11.9. The van der Waals surface area contributed by atoms with Gasteiger partial charge in [-0.1, -0.05) is 42.5 Å². The second-order valence-electron chi connectivity index (χ2n) is 6.10. The van der Waals surface area contributed by atoms with E-state index < -0.39 is 0 Å². The summed E-state index contributed by atoms with van der Waals surface area (Å²) in [6.07, 6.45) is 9.76. The standard InChI is InChI=1S/C20H31N3O/c1-2-21-20(23-19-12-6-7-13-19)22-15-8-9-16-24-17-14-18-10-4-3-5-11-18/h3-7,10-11,19H,2,8-9,12-17H2,1H3,(H2,21,22,23). The van der Waals surface area contributed by atoms with Gasteiger partial charge in [0.2, 0.25) is 0 Å². The van der Waals surface area contributed by atoms with E-state index in [4.69, 9.17) is 4.74 Å². The normalized spacial score (nSPS) is 15.0. The summed E-state index contributed by atoms with van der Waals surface area (Å²) in [5, 5.41) is 6.81. The summed E-state index contributed by atoms with van der Waals surface area (Å²) in [5.41, 5.74) is 1.34. The Morgan fingerprint density at radius 3 is 2.67 bits per heavy atom. The fourth-order valence-electron chi connectivity index (χ4n) is 2.69. The van der Waals surface area contributed by atoms with Crippen molar-refractivity contribution in [2.45, 2.75) is 45.1 Å². The fourth-order valence-corrected chi connectivity index (χ4v) is 2.69. The molecule has 1 aliphatic carbocycles. The highest BCUT2D eigenvalue weighted by Gasteiger charge is 2.11. The number of guanidine groups is 1. The SMILES string of the molecule is CCNC(=NCCCCOCCc1ccccc1)NC1CC=CC1. The van der Waals surface area contributed by atoms with E-state index in [1.807, 2.05) is 6.07 Å². The van der Waals surface area contributed by atoms with Crippen molar-refractivity contribution in [1.29, 1.82) is 0 Å². The van der Waals surface area contributed by atoms with Gasteiger partial charge < -0.3 is 15.4 Å². The van der Waals surface area contributed by atoms with Crippen molar-refractivity contribution >= 4 is 5.96 Å².